The number of benzene rings is 1. The topological polar surface area (TPSA) is 93.2 Å². The molecule has 1 aromatic heterocycles. The number of nitrogens with zero attached hydrogens (tertiary/aromatic N) is 2. The molecule has 0 radical (unpaired) electrons. The highest BCUT2D eigenvalue weighted by Crippen LogP contribution is 2.22. The average Bonchev–Trinajstić information content (AvgIpc) is 2.66. The molecule has 1 atom stereocenters. The Bertz CT molecular complexity index is 843. The maximum absolute atomic E-state index is 12.4. The van der Waals surface area contributed by atoms with Crippen LogP contribution in [0.2, 0.25) is 0 Å². The first-order valence-corrected chi connectivity index (χ1v) is 8.41. The maximum Gasteiger partial charge on any atom is 0.422 e. The Kier molecular flexibility index (Phi) is 6.91. The molecule has 0 fully saturated rings. The van der Waals surface area contributed by atoms with Crippen molar-refractivity contribution in [2.24, 2.45) is 0 Å². The number of anilines is 1. The van der Waals surface area contributed by atoms with Crippen LogP contribution in [0.5, 0.6) is 5.75 Å². The van der Waals surface area contributed by atoms with Gasteiger partial charge in [-0.15, -0.1) is 0 Å². The van der Waals surface area contributed by atoms with Crippen LogP contribution in [0.3, 0.4) is 0 Å². The van der Waals surface area contributed by atoms with Gasteiger partial charge in [0.2, 0.25) is 11.9 Å². The first-order valence-electron chi connectivity index (χ1n) is 8.41. The van der Waals surface area contributed by atoms with E-state index in [9.17, 15) is 22.8 Å². The van der Waals surface area contributed by atoms with Crippen LogP contribution in [0.4, 0.5) is 19.1 Å². The van der Waals surface area contributed by atoms with E-state index in [0.29, 0.717) is 5.56 Å². The van der Waals surface area contributed by atoms with E-state index in [0.717, 1.165) is 0 Å². The minimum absolute atomic E-state index is 0.00898. The van der Waals surface area contributed by atoms with E-state index in [1.807, 2.05) is 0 Å². The Morgan fingerprint density at radius 3 is 2.68 bits per heavy atom. The molecule has 1 aromatic carbocycles. The van der Waals surface area contributed by atoms with Crippen LogP contribution in [-0.4, -0.2) is 34.6 Å². The normalized spacial score (nSPS) is 12.2. The Hall–Kier alpha value is -3.17. The van der Waals surface area contributed by atoms with Gasteiger partial charge < -0.3 is 10.1 Å². The van der Waals surface area contributed by atoms with Crippen molar-refractivity contribution in [1.82, 2.24) is 15.3 Å². The summed E-state index contributed by atoms with van der Waals surface area (Å²) in [6.07, 6.45) is -2.86. The largest absolute Gasteiger partial charge is 0.484 e. The van der Waals surface area contributed by atoms with Gasteiger partial charge in [0, 0.05) is 12.6 Å². The first-order chi connectivity index (χ1) is 13.2. The number of halogens is 3. The molecule has 10 heteroatoms. The monoisotopic (exact) mass is 396 g/mol. The van der Waals surface area contributed by atoms with E-state index in [4.69, 9.17) is 4.74 Å². The van der Waals surface area contributed by atoms with Gasteiger partial charge in [-0.25, -0.2) is 9.97 Å². The molecule has 28 heavy (non-hydrogen) atoms. The number of carbonyl (C=O) groups excluding carboxylic acids is 2. The highest BCUT2D eigenvalue weighted by Gasteiger charge is 2.28. The van der Waals surface area contributed by atoms with Gasteiger partial charge in [0.15, 0.2) is 6.61 Å². The molecule has 0 spiro atoms. The second kappa shape index (κ2) is 9.16. The highest BCUT2D eigenvalue weighted by atomic mass is 19.4. The third-order valence-electron chi connectivity index (χ3n) is 3.57. The first kappa shape index (κ1) is 21.1. The Morgan fingerprint density at radius 1 is 1.25 bits per heavy atom. The SMILES string of the molecule is CCC(=O)Nc1nccc(C(=O)NC(C)c2cccc(OCC(F)(F)F)c2)n1. The highest BCUT2D eigenvalue weighted by molar-refractivity contribution is 5.93. The number of aromatic nitrogens is 2. The van der Waals surface area contributed by atoms with Crippen molar-refractivity contribution < 1.29 is 27.5 Å². The van der Waals surface area contributed by atoms with E-state index >= 15 is 0 Å². The summed E-state index contributed by atoms with van der Waals surface area (Å²) in [6, 6.07) is 6.86. The van der Waals surface area contributed by atoms with Gasteiger partial charge in [-0.2, -0.15) is 13.2 Å². The summed E-state index contributed by atoms with van der Waals surface area (Å²) >= 11 is 0. The third kappa shape index (κ3) is 6.53. The van der Waals surface area contributed by atoms with Crippen molar-refractivity contribution in [2.75, 3.05) is 11.9 Å². The number of nitrogens with one attached hydrogen (secondary N) is 2. The van der Waals surface area contributed by atoms with Gasteiger partial charge in [-0.3, -0.25) is 14.9 Å². The number of amides is 2. The van der Waals surface area contributed by atoms with Crippen LogP contribution in [0, 0.1) is 0 Å². The molecule has 0 saturated carbocycles. The van der Waals surface area contributed by atoms with Gasteiger partial charge >= 0.3 is 6.18 Å². The van der Waals surface area contributed by atoms with Gasteiger partial charge in [0.05, 0.1) is 6.04 Å². The number of carbonyl (C=O) groups is 2. The zero-order valence-corrected chi connectivity index (χ0v) is 15.2. The summed E-state index contributed by atoms with van der Waals surface area (Å²) in [5.74, 6) is -0.762. The quantitative estimate of drug-likeness (QED) is 0.749. The molecule has 1 unspecified atom stereocenters. The fourth-order valence-corrected chi connectivity index (χ4v) is 2.15. The van der Waals surface area contributed by atoms with Crippen LogP contribution in [0.1, 0.15) is 42.4 Å². The van der Waals surface area contributed by atoms with Crippen molar-refractivity contribution in [3.8, 4) is 5.75 Å². The molecule has 2 rings (SSSR count). The van der Waals surface area contributed by atoms with Crippen molar-refractivity contribution >= 4 is 17.8 Å². The molecule has 0 aliphatic carbocycles. The van der Waals surface area contributed by atoms with Crippen molar-refractivity contribution in [3.63, 3.8) is 0 Å². The van der Waals surface area contributed by atoms with Crippen molar-refractivity contribution in [2.45, 2.75) is 32.5 Å². The molecule has 2 amide bonds. The molecule has 0 aliphatic heterocycles. The summed E-state index contributed by atoms with van der Waals surface area (Å²) in [6.45, 7) is 1.94. The molecule has 2 aromatic rings. The van der Waals surface area contributed by atoms with Crippen LogP contribution < -0.4 is 15.4 Å². The molecule has 0 saturated heterocycles. The fourth-order valence-electron chi connectivity index (χ4n) is 2.15. The van der Waals surface area contributed by atoms with E-state index in [1.54, 1.807) is 19.9 Å². The summed E-state index contributed by atoms with van der Waals surface area (Å²) < 4.78 is 41.5. The van der Waals surface area contributed by atoms with Gasteiger partial charge in [-0.05, 0) is 30.7 Å². The Balaban J connectivity index is 2.04. The van der Waals surface area contributed by atoms with Crippen LogP contribution >= 0.6 is 0 Å². The van der Waals surface area contributed by atoms with Gasteiger partial charge in [0.25, 0.3) is 5.91 Å². The average molecular weight is 396 g/mol. The third-order valence-corrected chi connectivity index (χ3v) is 3.57. The predicted molar refractivity (Wildman–Crippen MR) is 94.8 cm³/mol. The number of hydrogen-bond donors (Lipinski definition) is 2. The number of alkyl halides is 3. The zero-order valence-electron chi connectivity index (χ0n) is 15.2. The molecule has 1 heterocycles. The number of rotatable bonds is 7. The smallest absolute Gasteiger partial charge is 0.422 e. The minimum Gasteiger partial charge on any atom is -0.484 e. The molecular formula is C18H19F3N4O3. The molecule has 2 N–H and O–H groups in total. The molecule has 150 valence electrons. The van der Waals surface area contributed by atoms with Crippen molar-refractivity contribution in [1.29, 1.82) is 0 Å². The van der Waals surface area contributed by atoms with Crippen LogP contribution in [-0.2, 0) is 4.79 Å². The second-order valence-corrected chi connectivity index (χ2v) is 5.84. The van der Waals surface area contributed by atoms with E-state index in [2.05, 4.69) is 20.6 Å². The summed E-state index contributed by atoms with van der Waals surface area (Å²) in [7, 11) is 0. The van der Waals surface area contributed by atoms with Crippen LogP contribution in [0.15, 0.2) is 36.5 Å². The van der Waals surface area contributed by atoms with Crippen molar-refractivity contribution in [3.05, 3.63) is 47.8 Å². The Morgan fingerprint density at radius 2 is 2.00 bits per heavy atom. The molecular weight excluding hydrogens is 377 g/mol. The molecule has 0 aliphatic rings. The van der Waals surface area contributed by atoms with Gasteiger partial charge in [0.1, 0.15) is 11.4 Å². The maximum atomic E-state index is 12.4. The fraction of sp³-hybridized carbons (Fsp3) is 0.333. The molecule has 7 nitrogen and oxygen atoms in total. The second-order valence-electron chi connectivity index (χ2n) is 5.84. The predicted octanol–water partition coefficient (Wildman–Crippen LogP) is 3.26. The van der Waals surface area contributed by atoms with E-state index in [1.165, 1.54) is 30.5 Å². The number of ether oxygens (including phenoxy) is 1. The minimum atomic E-state index is -4.44. The van der Waals surface area contributed by atoms with E-state index < -0.39 is 24.7 Å². The van der Waals surface area contributed by atoms with Gasteiger partial charge in [-0.1, -0.05) is 19.1 Å². The lowest BCUT2D eigenvalue weighted by molar-refractivity contribution is -0.153. The summed E-state index contributed by atoms with van der Waals surface area (Å²) in [5.41, 5.74) is 0.597. The van der Waals surface area contributed by atoms with Crippen LogP contribution in [0.25, 0.3) is 0 Å². The standard InChI is InChI=1S/C18H19F3N4O3/c1-3-15(26)25-17-22-8-7-14(24-17)16(27)23-11(2)12-5-4-6-13(9-12)28-10-18(19,20)21/h4-9,11H,3,10H2,1-2H3,(H,23,27)(H,22,24,25,26). The zero-order chi connectivity index (χ0) is 20.7. The molecule has 0 bridgehead atoms. The van der Waals surface area contributed by atoms with E-state index in [-0.39, 0.29) is 29.7 Å². The summed E-state index contributed by atoms with van der Waals surface area (Å²) in [5, 5.41) is 5.14. The Labute approximate surface area is 159 Å². The summed E-state index contributed by atoms with van der Waals surface area (Å²) in [4.78, 5) is 31.6. The lowest BCUT2D eigenvalue weighted by Gasteiger charge is -2.16. The lowest BCUT2D eigenvalue weighted by Crippen LogP contribution is -2.28. The lowest BCUT2D eigenvalue weighted by atomic mass is 10.1. The number of hydrogen-bond acceptors (Lipinski definition) is 5.